The van der Waals surface area contributed by atoms with E-state index in [-0.39, 0.29) is 17.4 Å². The summed E-state index contributed by atoms with van der Waals surface area (Å²) >= 11 is 6.16. The SMILES string of the molecule is Nc1ncccc1-c1nc2ccc(-c3cccc(NC(=O)C4CCOCC4)c3)nc2n1-c1ccc(C2(NCl)CCC2)cc1. The number of hydrogen-bond donors (Lipinski definition) is 3. The van der Waals surface area contributed by atoms with E-state index < -0.39 is 0 Å². The predicted octanol–water partition coefficient (Wildman–Crippen LogP) is 6.22. The number of ether oxygens (including phenoxy) is 1. The van der Waals surface area contributed by atoms with Crippen LogP contribution in [0.2, 0.25) is 0 Å². The molecule has 0 atom stereocenters. The number of rotatable bonds is 7. The van der Waals surface area contributed by atoms with Gasteiger partial charge in [0, 0.05) is 42.3 Å². The van der Waals surface area contributed by atoms with Crippen LogP contribution in [0.4, 0.5) is 11.5 Å². The first-order valence-electron chi connectivity index (χ1n) is 14.6. The minimum absolute atomic E-state index is 0.0251. The van der Waals surface area contributed by atoms with Crippen LogP contribution < -0.4 is 15.9 Å². The number of anilines is 2. The van der Waals surface area contributed by atoms with E-state index in [1.807, 2.05) is 53.1 Å². The van der Waals surface area contributed by atoms with Crippen molar-refractivity contribution in [2.45, 2.75) is 37.6 Å². The monoisotopic (exact) mass is 593 g/mol. The molecule has 1 saturated heterocycles. The topological polar surface area (TPSA) is 120 Å². The molecule has 218 valence electrons. The van der Waals surface area contributed by atoms with Gasteiger partial charge in [-0.05, 0) is 98.0 Å². The Balaban J connectivity index is 1.29. The highest BCUT2D eigenvalue weighted by molar-refractivity contribution is 6.14. The van der Waals surface area contributed by atoms with Crippen LogP contribution in [-0.2, 0) is 15.1 Å². The highest BCUT2D eigenvalue weighted by atomic mass is 35.5. The molecule has 0 radical (unpaired) electrons. The number of pyridine rings is 2. The molecule has 1 amide bonds. The average molecular weight is 594 g/mol. The summed E-state index contributed by atoms with van der Waals surface area (Å²) in [4.78, 5) is 30.2. The molecule has 2 aromatic carbocycles. The van der Waals surface area contributed by atoms with Crippen LogP contribution in [0.5, 0.6) is 0 Å². The first kappa shape index (κ1) is 27.5. The van der Waals surface area contributed by atoms with Gasteiger partial charge in [0.05, 0.1) is 16.8 Å². The summed E-state index contributed by atoms with van der Waals surface area (Å²) in [6.07, 6.45) is 6.29. The van der Waals surface area contributed by atoms with Gasteiger partial charge < -0.3 is 15.8 Å². The van der Waals surface area contributed by atoms with Crippen molar-refractivity contribution in [3.05, 3.63) is 84.6 Å². The number of nitrogens with one attached hydrogen (secondary N) is 2. The summed E-state index contributed by atoms with van der Waals surface area (Å²) in [7, 11) is 0. The van der Waals surface area contributed by atoms with Crippen LogP contribution in [0.1, 0.15) is 37.7 Å². The maximum atomic E-state index is 12.9. The molecule has 43 heavy (non-hydrogen) atoms. The van der Waals surface area contributed by atoms with Crippen LogP contribution >= 0.6 is 11.8 Å². The Morgan fingerprint density at radius 3 is 2.53 bits per heavy atom. The van der Waals surface area contributed by atoms with Gasteiger partial charge in [0.25, 0.3) is 0 Å². The Kier molecular flexibility index (Phi) is 7.30. The Labute approximate surface area is 254 Å². The molecular weight excluding hydrogens is 562 g/mol. The lowest BCUT2D eigenvalue weighted by Crippen LogP contribution is -2.43. The van der Waals surface area contributed by atoms with Crippen LogP contribution in [0.25, 0.3) is 39.5 Å². The summed E-state index contributed by atoms with van der Waals surface area (Å²) < 4.78 is 7.43. The number of nitrogens with two attached hydrogens (primary N) is 1. The Bertz CT molecular complexity index is 1790. The lowest BCUT2D eigenvalue weighted by molar-refractivity contribution is -0.122. The van der Waals surface area contributed by atoms with E-state index in [1.165, 1.54) is 0 Å². The van der Waals surface area contributed by atoms with Crippen molar-refractivity contribution in [2.24, 2.45) is 5.92 Å². The summed E-state index contributed by atoms with van der Waals surface area (Å²) in [6, 6.07) is 23.8. The van der Waals surface area contributed by atoms with Gasteiger partial charge >= 0.3 is 0 Å². The Morgan fingerprint density at radius 1 is 1.00 bits per heavy atom. The molecule has 7 rings (SSSR count). The number of fused-ring (bicyclic) bond motifs is 1. The van der Waals surface area contributed by atoms with Gasteiger partial charge in [-0.3, -0.25) is 9.36 Å². The second-order valence-corrected chi connectivity index (χ2v) is 11.5. The van der Waals surface area contributed by atoms with Crippen molar-refractivity contribution in [2.75, 3.05) is 24.3 Å². The van der Waals surface area contributed by atoms with Crippen molar-refractivity contribution >= 4 is 40.4 Å². The molecule has 0 bridgehead atoms. The molecule has 4 heterocycles. The number of aromatic nitrogens is 4. The molecule has 10 heteroatoms. The Morgan fingerprint density at radius 2 is 1.81 bits per heavy atom. The number of halogens is 1. The molecule has 2 aliphatic rings. The molecule has 1 aliphatic heterocycles. The summed E-state index contributed by atoms with van der Waals surface area (Å²) in [6.45, 7) is 1.24. The molecule has 2 fully saturated rings. The summed E-state index contributed by atoms with van der Waals surface area (Å²) in [5.41, 5.74) is 12.7. The van der Waals surface area contributed by atoms with Gasteiger partial charge in [-0.25, -0.2) is 19.8 Å². The van der Waals surface area contributed by atoms with Crippen molar-refractivity contribution in [3.63, 3.8) is 0 Å². The number of hydrogen-bond acceptors (Lipinski definition) is 7. The molecular formula is C33H32ClN7O2. The molecule has 5 aromatic rings. The quantitative estimate of drug-likeness (QED) is 0.192. The molecule has 1 saturated carbocycles. The standard InChI is InChI=1S/C33H32ClN7O2/c34-40-33(15-3-16-33)23-7-9-25(10-8-23)41-30(26-6-2-17-36-29(26)35)39-28-12-11-27(38-31(28)41)22-4-1-5-24(20-22)37-32(42)21-13-18-43-19-14-21/h1-2,4-12,17,20-21,40H,3,13-16,18-19H2,(H2,35,36)(H,37,42). The molecule has 3 aromatic heterocycles. The maximum absolute atomic E-state index is 12.9. The van der Waals surface area contributed by atoms with E-state index in [0.29, 0.717) is 30.5 Å². The highest BCUT2D eigenvalue weighted by Gasteiger charge is 2.38. The smallest absolute Gasteiger partial charge is 0.227 e. The second kappa shape index (κ2) is 11.4. The minimum Gasteiger partial charge on any atom is -0.383 e. The largest absolute Gasteiger partial charge is 0.383 e. The third-order valence-corrected chi connectivity index (χ3v) is 9.03. The number of amides is 1. The van der Waals surface area contributed by atoms with Gasteiger partial charge in [-0.2, -0.15) is 0 Å². The fourth-order valence-electron chi connectivity index (χ4n) is 6.01. The third kappa shape index (κ3) is 5.14. The van der Waals surface area contributed by atoms with Crippen molar-refractivity contribution in [1.82, 2.24) is 24.4 Å². The van der Waals surface area contributed by atoms with Gasteiger partial charge in [0.1, 0.15) is 11.3 Å². The van der Waals surface area contributed by atoms with E-state index >= 15 is 0 Å². The zero-order valence-electron chi connectivity index (χ0n) is 23.6. The lowest BCUT2D eigenvalue weighted by Gasteiger charge is -2.41. The third-order valence-electron chi connectivity index (χ3n) is 8.67. The van der Waals surface area contributed by atoms with E-state index in [4.69, 9.17) is 32.2 Å². The van der Waals surface area contributed by atoms with Gasteiger partial charge in [0.15, 0.2) is 11.5 Å². The summed E-state index contributed by atoms with van der Waals surface area (Å²) in [5, 5.41) is 3.08. The highest BCUT2D eigenvalue weighted by Crippen LogP contribution is 2.42. The van der Waals surface area contributed by atoms with Gasteiger partial charge in [-0.1, -0.05) is 24.3 Å². The van der Waals surface area contributed by atoms with Crippen LogP contribution in [-0.4, -0.2) is 38.6 Å². The number of benzene rings is 2. The fraction of sp³-hybridized carbons (Fsp3) is 0.273. The molecule has 4 N–H and O–H groups in total. The summed E-state index contributed by atoms with van der Waals surface area (Å²) in [5.74, 6) is 1.04. The first-order chi connectivity index (χ1) is 21.0. The number of carbonyl (C=O) groups is 1. The zero-order chi connectivity index (χ0) is 29.4. The molecule has 1 aliphatic carbocycles. The molecule has 9 nitrogen and oxygen atoms in total. The van der Waals surface area contributed by atoms with E-state index in [1.54, 1.807) is 6.20 Å². The van der Waals surface area contributed by atoms with Crippen molar-refractivity contribution in [3.8, 4) is 28.3 Å². The zero-order valence-corrected chi connectivity index (χ0v) is 24.3. The Hall–Kier alpha value is -4.31. The fourth-order valence-corrected chi connectivity index (χ4v) is 6.31. The number of nitrogens with zero attached hydrogens (tertiary/aromatic N) is 4. The van der Waals surface area contributed by atoms with Crippen LogP contribution in [0, 0.1) is 5.92 Å². The predicted molar refractivity (Wildman–Crippen MR) is 169 cm³/mol. The minimum atomic E-state index is -0.190. The first-order valence-corrected chi connectivity index (χ1v) is 15.0. The van der Waals surface area contributed by atoms with E-state index in [2.05, 4.69) is 39.4 Å². The lowest BCUT2D eigenvalue weighted by atomic mass is 9.73. The second-order valence-electron chi connectivity index (χ2n) is 11.3. The van der Waals surface area contributed by atoms with Crippen molar-refractivity contribution in [1.29, 1.82) is 0 Å². The normalized spacial score (nSPS) is 16.6. The average Bonchev–Trinajstić information content (AvgIpc) is 3.40. The molecule has 0 unspecified atom stereocenters. The number of nitrogen functional groups attached to an aromatic ring is 1. The number of imidazole rings is 1. The van der Waals surface area contributed by atoms with Crippen LogP contribution in [0.3, 0.4) is 0 Å². The number of carbonyl (C=O) groups excluding carboxylic acids is 1. The van der Waals surface area contributed by atoms with Gasteiger partial charge in [-0.15, -0.1) is 0 Å². The van der Waals surface area contributed by atoms with E-state index in [9.17, 15) is 4.79 Å². The van der Waals surface area contributed by atoms with Crippen LogP contribution in [0.15, 0.2) is 79.0 Å². The van der Waals surface area contributed by atoms with Crippen molar-refractivity contribution < 1.29 is 9.53 Å². The molecule has 0 spiro atoms. The van der Waals surface area contributed by atoms with Gasteiger partial charge in [0.2, 0.25) is 5.91 Å². The van der Waals surface area contributed by atoms with E-state index in [0.717, 1.165) is 71.4 Å². The maximum Gasteiger partial charge on any atom is 0.227 e.